The monoisotopic (exact) mass is 281 g/mol. The van der Waals surface area contributed by atoms with Crippen LogP contribution in [0.15, 0.2) is 0 Å². The number of methoxy groups -OCH3 is 1. The predicted octanol–water partition coefficient (Wildman–Crippen LogP) is 1.37. The van der Waals surface area contributed by atoms with Gasteiger partial charge in [-0.1, -0.05) is 13.8 Å². The van der Waals surface area contributed by atoms with Crippen molar-refractivity contribution in [1.29, 1.82) is 0 Å². The minimum atomic E-state index is -5.84. The summed E-state index contributed by atoms with van der Waals surface area (Å²) in [6.45, 7) is 8.49. The number of likely N-dealkylation sites (N-methyl/N-ethyl adjacent to an activating group) is 1. The van der Waals surface area contributed by atoms with Crippen LogP contribution in [-0.2, 0) is 14.9 Å². The van der Waals surface area contributed by atoms with Crippen molar-refractivity contribution < 1.29 is 30.9 Å². The van der Waals surface area contributed by atoms with Gasteiger partial charge in [0, 0.05) is 13.7 Å². The molecule has 0 aromatic rings. The van der Waals surface area contributed by atoms with Crippen molar-refractivity contribution in [3.63, 3.8) is 0 Å². The Labute approximate surface area is 99.3 Å². The summed E-state index contributed by atoms with van der Waals surface area (Å²) in [5.41, 5.74) is -5.53. The molecule has 0 aromatic carbocycles. The van der Waals surface area contributed by atoms with Crippen LogP contribution in [0.5, 0.6) is 0 Å². The molecule has 0 aromatic heterocycles. The number of nitrogens with zero attached hydrogens (tertiary/aromatic N) is 1. The summed E-state index contributed by atoms with van der Waals surface area (Å²) < 4.78 is 62.5. The molecule has 0 rings (SSSR count). The van der Waals surface area contributed by atoms with Gasteiger partial charge in [0.2, 0.25) is 0 Å². The molecule has 0 saturated heterocycles. The summed E-state index contributed by atoms with van der Waals surface area (Å²) in [4.78, 5) is 2.34. The zero-order valence-electron chi connectivity index (χ0n) is 9.99. The average Bonchev–Trinajstić information content (AvgIpc) is 2.17. The van der Waals surface area contributed by atoms with Crippen molar-refractivity contribution in [1.82, 2.24) is 4.90 Å². The van der Waals surface area contributed by atoms with E-state index in [1.54, 1.807) is 7.11 Å². The van der Waals surface area contributed by atoms with Crippen molar-refractivity contribution in [2.45, 2.75) is 19.4 Å². The highest BCUT2D eigenvalue weighted by molar-refractivity contribution is 7.86. The van der Waals surface area contributed by atoms with Crippen LogP contribution in [0.2, 0.25) is 0 Å². The van der Waals surface area contributed by atoms with Gasteiger partial charge in [0.15, 0.2) is 0 Å². The normalized spacial score (nSPS) is 12.2. The molecule has 0 unspecified atom stereocenters. The first-order chi connectivity index (χ1) is 7.60. The van der Waals surface area contributed by atoms with Gasteiger partial charge in [0.05, 0.1) is 6.61 Å². The fourth-order valence-electron chi connectivity index (χ4n) is 0.760. The zero-order valence-corrected chi connectivity index (χ0v) is 10.8. The number of rotatable bonds is 5. The average molecular weight is 281 g/mol. The number of hydrogen-bond acceptors (Lipinski definition) is 4. The molecule has 0 spiro atoms. The Morgan fingerprint density at radius 1 is 1.24 bits per heavy atom. The van der Waals surface area contributed by atoms with Crippen molar-refractivity contribution in [2.75, 3.05) is 33.4 Å². The van der Waals surface area contributed by atoms with E-state index in [4.69, 9.17) is 17.7 Å². The second-order valence-corrected chi connectivity index (χ2v) is 4.35. The Balaban J connectivity index is 0. The van der Waals surface area contributed by atoms with Gasteiger partial charge in [-0.05, 0) is 13.1 Å². The number of ether oxygens (including phenoxy) is 1. The summed E-state index contributed by atoms with van der Waals surface area (Å²) in [7, 11) is -4.10. The number of alkyl halides is 3. The molecule has 0 aliphatic rings. The summed E-state index contributed by atoms with van der Waals surface area (Å²) in [5, 5.41) is 0. The highest BCUT2D eigenvalue weighted by Crippen LogP contribution is 2.20. The lowest BCUT2D eigenvalue weighted by Gasteiger charge is -2.16. The van der Waals surface area contributed by atoms with E-state index in [1.807, 2.05) is 0 Å². The highest BCUT2D eigenvalue weighted by Gasteiger charge is 2.44. The topological polar surface area (TPSA) is 66.8 Å². The van der Waals surface area contributed by atoms with Crippen LogP contribution in [0, 0.1) is 0 Å². The maximum absolute atomic E-state index is 10.7. The lowest BCUT2D eigenvalue weighted by Crippen LogP contribution is -2.26. The van der Waals surface area contributed by atoms with Crippen LogP contribution in [0.3, 0.4) is 0 Å². The Morgan fingerprint density at radius 3 is 1.76 bits per heavy atom. The van der Waals surface area contributed by atoms with Gasteiger partial charge < -0.3 is 9.64 Å². The third kappa shape index (κ3) is 10.5. The van der Waals surface area contributed by atoms with E-state index in [1.165, 1.54) is 0 Å². The Kier molecular flexibility index (Phi) is 9.68. The number of hydrogen-bond donors (Lipinski definition) is 1. The molecule has 9 heteroatoms. The summed E-state index contributed by atoms with van der Waals surface area (Å²) in [6, 6.07) is 0. The predicted molar refractivity (Wildman–Crippen MR) is 57.3 cm³/mol. The van der Waals surface area contributed by atoms with Crippen LogP contribution in [0.25, 0.3) is 0 Å². The molecule has 0 saturated carbocycles. The van der Waals surface area contributed by atoms with Crippen LogP contribution in [0.4, 0.5) is 13.2 Å². The quantitative estimate of drug-likeness (QED) is 0.609. The molecule has 1 N–H and O–H groups in total. The fourth-order valence-corrected chi connectivity index (χ4v) is 0.760. The lowest BCUT2D eigenvalue weighted by atomic mass is 10.5. The molecule has 0 aliphatic carbocycles. The Hall–Kier alpha value is -0.380. The first-order valence-electron chi connectivity index (χ1n) is 4.85. The molecule has 0 atom stereocenters. The van der Waals surface area contributed by atoms with Gasteiger partial charge in [-0.25, -0.2) is 0 Å². The van der Waals surface area contributed by atoms with Crippen molar-refractivity contribution in [2.24, 2.45) is 0 Å². The van der Waals surface area contributed by atoms with Gasteiger partial charge >= 0.3 is 15.6 Å². The smallest absolute Gasteiger partial charge is 0.383 e. The van der Waals surface area contributed by atoms with Crippen molar-refractivity contribution >= 4 is 10.1 Å². The molecular formula is C8H18F3NO4S. The van der Waals surface area contributed by atoms with Crippen LogP contribution < -0.4 is 0 Å². The molecule has 0 aliphatic heterocycles. The van der Waals surface area contributed by atoms with Crippen molar-refractivity contribution in [3.8, 4) is 0 Å². The minimum Gasteiger partial charge on any atom is -0.383 e. The van der Waals surface area contributed by atoms with Gasteiger partial charge in [-0.15, -0.1) is 0 Å². The van der Waals surface area contributed by atoms with E-state index in [0.717, 1.165) is 26.2 Å². The third-order valence-corrected chi connectivity index (χ3v) is 2.38. The molecule has 0 heterocycles. The van der Waals surface area contributed by atoms with E-state index < -0.39 is 15.6 Å². The molecule has 5 nitrogen and oxygen atoms in total. The molecule has 0 amide bonds. The molecule has 17 heavy (non-hydrogen) atoms. The maximum atomic E-state index is 10.7. The highest BCUT2D eigenvalue weighted by atomic mass is 32.2. The van der Waals surface area contributed by atoms with Crippen molar-refractivity contribution in [3.05, 3.63) is 0 Å². The van der Waals surface area contributed by atoms with Crippen LogP contribution in [-0.4, -0.2) is 56.7 Å². The molecule has 106 valence electrons. The fraction of sp³-hybridized carbons (Fsp3) is 1.00. The second-order valence-electron chi connectivity index (χ2n) is 2.94. The van der Waals surface area contributed by atoms with E-state index in [0.29, 0.717) is 0 Å². The molecular weight excluding hydrogens is 263 g/mol. The van der Waals surface area contributed by atoms with E-state index in [9.17, 15) is 13.2 Å². The molecule has 0 fully saturated rings. The summed E-state index contributed by atoms with van der Waals surface area (Å²) >= 11 is 0. The van der Waals surface area contributed by atoms with Gasteiger partial charge in [0.1, 0.15) is 0 Å². The van der Waals surface area contributed by atoms with Gasteiger partial charge in [-0.2, -0.15) is 21.6 Å². The zero-order chi connectivity index (χ0) is 14.1. The Bertz CT molecular complexity index is 275. The van der Waals surface area contributed by atoms with E-state index >= 15 is 0 Å². The van der Waals surface area contributed by atoms with E-state index in [2.05, 4.69) is 18.7 Å². The first-order valence-corrected chi connectivity index (χ1v) is 6.29. The minimum absolute atomic E-state index is 0.849. The molecule has 0 bridgehead atoms. The lowest BCUT2D eigenvalue weighted by molar-refractivity contribution is -0.0510. The number of halogens is 3. The SMILES string of the molecule is CCN(CC)CCOC.O=S(=O)(O)C(F)(F)F. The maximum Gasteiger partial charge on any atom is 0.522 e. The second kappa shape index (κ2) is 8.67. The standard InChI is InChI=1S/C7H17NO.CHF3O3S/c1-4-8(5-2)6-7-9-3;2-1(3,4)8(5,6)7/h4-7H2,1-3H3;(H,5,6,7). The van der Waals surface area contributed by atoms with Gasteiger partial charge in [-0.3, -0.25) is 4.55 Å². The summed E-state index contributed by atoms with van der Waals surface area (Å²) in [6.07, 6.45) is 0. The van der Waals surface area contributed by atoms with Crippen LogP contribution in [0.1, 0.15) is 13.8 Å². The summed E-state index contributed by atoms with van der Waals surface area (Å²) in [5.74, 6) is 0. The third-order valence-electron chi connectivity index (χ3n) is 1.80. The van der Waals surface area contributed by atoms with Crippen LogP contribution >= 0.6 is 0 Å². The Morgan fingerprint density at radius 2 is 1.59 bits per heavy atom. The largest absolute Gasteiger partial charge is 0.522 e. The first kappa shape index (κ1) is 19.0. The molecule has 0 radical (unpaired) electrons. The van der Waals surface area contributed by atoms with E-state index in [-0.39, 0.29) is 0 Å². The van der Waals surface area contributed by atoms with Gasteiger partial charge in [0.25, 0.3) is 0 Å².